The van der Waals surface area contributed by atoms with E-state index in [1.54, 1.807) is 6.20 Å². The summed E-state index contributed by atoms with van der Waals surface area (Å²) in [5, 5.41) is 0. The van der Waals surface area contributed by atoms with Gasteiger partial charge in [0.25, 0.3) is 0 Å². The maximum atomic E-state index is 5.72. The highest BCUT2D eigenvalue weighted by Crippen LogP contribution is 2.26. The summed E-state index contributed by atoms with van der Waals surface area (Å²) in [6.45, 7) is 1.92. The molecule has 0 aliphatic rings. The lowest BCUT2D eigenvalue weighted by Crippen LogP contribution is -2.13. The lowest BCUT2D eigenvalue weighted by molar-refractivity contribution is 0.461. The van der Waals surface area contributed by atoms with E-state index in [1.165, 1.54) is 0 Å². The molecule has 5 heteroatoms. The molecule has 0 amide bonds. The molecule has 0 saturated heterocycles. The van der Waals surface area contributed by atoms with E-state index in [0.29, 0.717) is 17.2 Å². The molecule has 0 saturated carbocycles. The summed E-state index contributed by atoms with van der Waals surface area (Å²) < 4.78 is 6.66. The van der Waals surface area contributed by atoms with Gasteiger partial charge in [-0.1, -0.05) is 34.2 Å². The molecule has 0 aliphatic carbocycles. The second-order valence-corrected chi connectivity index (χ2v) is 5.09. The largest absolute Gasteiger partial charge is 0.438 e. The third-order valence-electron chi connectivity index (χ3n) is 2.38. The van der Waals surface area contributed by atoms with Crippen LogP contribution in [0.1, 0.15) is 11.1 Å². The molecule has 3 nitrogen and oxygen atoms in total. The number of aryl methyl sites for hydroxylation is 1. The number of benzene rings is 1. The fraction of sp³-hybridized carbons (Fsp3) is 0.0769. The molecule has 1 heterocycles. The van der Waals surface area contributed by atoms with Gasteiger partial charge in [0.1, 0.15) is 10.7 Å². The number of nitrogens with zero attached hydrogens (tertiary/aromatic N) is 1. The van der Waals surface area contributed by atoms with Crippen molar-refractivity contribution in [3.63, 3.8) is 0 Å². The molecule has 2 aromatic rings. The molecule has 1 aromatic heterocycles. The Hall–Kier alpha value is -1.46. The molecule has 0 fully saturated rings. The quantitative estimate of drug-likeness (QED) is 0.877. The van der Waals surface area contributed by atoms with Crippen molar-refractivity contribution in [1.82, 2.24) is 4.98 Å². The molecule has 0 aliphatic heterocycles. The average Bonchev–Trinajstić information content (AvgIpc) is 2.28. The first-order valence-electron chi connectivity index (χ1n) is 5.27. The summed E-state index contributed by atoms with van der Waals surface area (Å²) >= 11 is 8.41. The Morgan fingerprint density at radius 1 is 1.39 bits per heavy atom. The molecule has 0 unspecified atom stereocenters. The summed E-state index contributed by atoms with van der Waals surface area (Å²) in [7, 11) is 0. The van der Waals surface area contributed by atoms with Crippen LogP contribution in [0.4, 0.5) is 0 Å². The predicted molar refractivity (Wildman–Crippen MR) is 79.1 cm³/mol. The molecule has 0 atom stereocenters. The highest BCUT2D eigenvalue weighted by atomic mass is 79.9. The van der Waals surface area contributed by atoms with E-state index in [1.807, 2.05) is 37.3 Å². The van der Waals surface area contributed by atoms with Crippen LogP contribution >= 0.6 is 28.1 Å². The molecule has 2 N–H and O–H groups in total. The van der Waals surface area contributed by atoms with Gasteiger partial charge in [-0.3, -0.25) is 0 Å². The maximum absolute atomic E-state index is 5.72. The van der Waals surface area contributed by atoms with Crippen LogP contribution in [-0.2, 0) is 0 Å². The van der Waals surface area contributed by atoms with Gasteiger partial charge in [0.2, 0.25) is 5.88 Å². The zero-order chi connectivity index (χ0) is 13.1. The minimum Gasteiger partial charge on any atom is -0.438 e. The predicted octanol–water partition coefficient (Wildman–Crippen LogP) is 3.58. The van der Waals surface area contributed by atoms with Gasteiger partial charge in [0, 0.05) is 10.7 Å². The summed E-state index contributed by atoms with van der Waals surface area (Å²) in [4.78, 5) is 4.46. The molecule has 0 bridgehead atoms. The van der Waals surface area contributed by atoms with Crippen LogP contribution in [-0.4, -0.2) is 9.97 Å². The second-order valence-electron chi connectivity index (χ2n) is 3.73. The molecule has 2 rings (SSSR count). The zero-order valence-electron chi connectivity index (χ0n) is 9.68. The van der Waals surface area contributed by atoms with E-state index in [2.05, 4.69) is 20.9 Å². The first-order valence-corrected chi connectivity index (χ1v) is 6.47. The Morgan fingerprint density at radius 2 is 2.17 bits per heavy atom. The minimum absolute atomic E-state index is 0.283. The summed E-state index contributed by atoms with van der Waals surface area (Å²) in [6.07, 6.45) is 1.67. The highest BCUT2D eigenvalue weighted by Gasteiger charge is 2.12. The van der Waals surface area contributed by atoms with Crippen LogP contribution in [0.25, 0.3) is 0 Å². The number of hydrogen-bond acceptors (Lipinski definition) is 3. The van der Waals surface area contributed by atoms with Crippen LogP contribution in [0, 0.1) is 6.92 Å². The monoisotopic (exact) mass is 322 g/mol. The molecular weight excluding hydrogens is 312 g/mol. The standard InChI is InChI=1S/C13H11BrN2OS/c1-8-5-6-16-13(11(8)12(15)18)17-10-4-2-3-9(14)7-10/h2-7H,1H3,(H2,15,18). The number of rotatable bonds is 3. The van der Waals surface area contributed by atoms with Crippen LogP contribution < -0.4 is 10.5 Å². The van der Waals surface area contributed by atoms with Gasteiger partial charge >= 0.3 is 0 Å². The Bertz CT molecular complexity index is 601. The van der Waals surface area contributed by atoms with Crippen molar-refractivity contribution in [2.75, 3.05) is 0 Å². The van der Waals surface area contributed by atoms with E-state index >= 15 is 0 Å². The first-order chi connectivity index (χ1) is 8.58. The van der Waals surface area contributed by atoms with Gasteiger partial charge in [0.05, 0.1) is 5.56 Å². The summed E-state index contributed by atoms with van der Waals surface area (Å²) in [6, 6.07) is 9.36. The van der Waals surface area contributed by atoms with E-state index in [9.17, 15) is 0 Å². The molecule has 92 valence electrons. The number of thiocarbonyl (C=S) groups is 1. The first kappa shape index (κ1) is 13.0. The van der Waals surface area contributed by atoms with Crippen LogP contribution in [0.15, 0.2) is 41.0 Å². The van der Waals surface area contributed by atoms with Crippen molar-refractivity contribution >= 4 is 33.1 Å². The second kappa shape index (κ2) is 5.46. The van der Waals surface area contributed by atoms with Gasteiger partial charge in [-0.15, -0.1) is 0 Å². The fourth-order valence-electron chi connectivity index (χ4n) is 1.55. The van der Waals surface area contributed by atoms with Crippen molar-refractivity contribution in [2.45, 2.75) is 6.92 Å². The SMILES string of the molecule is Cc1ccnc(Oc2cccc(Br)c2)c1C(N)=S. The molecule has 18 heavy (non-hydrogen) atoms. The van der Waals surface area contributed by atoms with Crippen molar-refractivity contribution in [3.8, 4) is 11.6 Å². The highest BCUT2D eigenvalue weighted by molar-refractivity contribution is 9.10. The normalized spacial score (nSPS) is 10.1. The Balaban J connectivity index is 2.40. The third kappa shape index (κ3) is 2.86. The summed E-state index contributed by atoms with van der Waals surface area (Å²) in [5.41, 5.74) is 7.32. The van der Waals surface area contributed by atoms with Crippen LogP contribution in [0.5, 0.6) is 11.6 Å². The smallest absolute Gasteiger partial charge is 0.229 e. The Morgan fingerprint density at radius 3 is 2.83 bits per heavy atom. The number of ether oxygens (including phenoxy) is 1. The zero-order valence-corrected chi connectivity index (χ0v) is 12.1. The number of nitrogens with two attached hydrogens (primary N) is 1. The van der Waals surface area contributed by atoms with Crippen LogP contribution in [0.3, 0.4) is 0 Å². The van der Waals surface area contributed by atoms with E-state index in [4.69, 9.17) is 22.7 Å². The Kier molecular flexibility index (Phi) is 3.93. The average molecular weight is 323 g/mol. The van der Waals surface area contributed by atoms with E-state index in [0.717, 1.165) is 10.0 Å². The van der Waals surface area contributed by atoms with Gasteiger partial charge in [-0.2, -0.15) is 0 Å². The molecule has 0 spiro atoms. The lowest BCUT2D eigenvalue weighted by atomic mass is 10.1. The van der Waals surface area contributed by atoms with Gasteiger partial charge in [-0.05, 0) is 36.8 Å². The maximum Gasteiger partial charge on any atom is 0.229 e. The van der Waals surface area contributed by atoms with Crippen molar-refractivity contribution in [2.24, 2.45) is 5.73 Å². The van der Waals surface area contributed by atoms with Gasteiger partial charge < -0.3 is 10.5 Å². The number of halogens is 1. The minimum atomic E-state index is 0.283. The van der Waals surface area contributed by atoms with Crippen molar-refractivity contribution < 1.29 is 4.74 Å². The third-order valence-corrected chi connectivity index (χ3v) is 3.08. The van der Waals surface area contributed by atoms with Crippen molar-refractivity contribution in [1.29, 1.82) is 0 Å². The molecule has 1 aromatic carbocycles. The van der Waals surface area contributed by atoms with Gasteiger partial charge in [-0.25, -0.2) is 4.98 Å². The fourth-order valence-corrected chi connectivity index (χ4v) is 2.18. The van der Waals surface area contributed by atoms with Crippen LogP contribution in [0.2, 0.25) is 0 Å². The van der Waals surface area contributed by atoms with Crippen molar-refractivity contribution in [3.05, 3.63) is 52.1 Å². The topological polar surface area (TPSA) is 48.1 Å². The molecular formula is C13H11BrN2OS. The Labute approximate surface area is 119 Å². The molecule has 0 radical (unpaired) electrons. The van der Waals surface area contributed by atoms with Gasteiger partial charge in [0.15, 0.2) is 0 Å². The van der Waals surface area contributed by atoms with E-state index in [-0.39, 0.29) is 4.99 Å². The summed E-state index contributed by atoms with van der Waals surface area (Å²) in [5.74, 6) is 1.11. The number of aromatic nitrogens is 1. The number of hydrogen-bond donors (Lipinski definition) is 1. The number of pyridine rings is 1. The van der Waals surface area contributed by atoms with E-state index < -0.39 is 0 Å². The lowest BCUT2D eigenvalue weighted by Gasteiger charge is -2.11.